The van der Waals surface area contributed by atoms with Gasteiger partial charge >= 0.3 is 0 Å². The van der Waals surface area contributed by atoms with Gasteiger partial charge in [-0.15, -0.1) is 24.0 Å². The molecule has 0 radical (unpaired) electrons. The molecule has 1 rings (SSSR count). The van der Waals surface area contributed by atoms with Gasteiger partial charge in [0.2, 0.25) is 11.8 Å². The molecule has 1 fully saturated rings. The van der Waals surface area contributed by atoms with Crippen LogP contribution >= 0.6 is 24.0 Å². The maximum Gasteiger partial charge on any atom is 0.245 e. The number of hydrogen-bond acceptors (Lipinski definition) is 3. The molecule has 0 saturated carbocycles. The van der Waals surface area contributed by atoms with E-state index in [0.717, 1.165) is 25.9 Å². The second kappa shape index (κ2) is 10.6. The fraction of sp³-hybridized carbons (Fsp3) is 0.769. The highest BCUT2D eigenvalue weighted by Gasteiger charge is 2.33. The Morgan fingerprint density at radius 2 is 1.86 bits per heavy atom. The molecule has 8 heteroatoms. The van der Waals surface area contributed by atoms with Crippen molar-refractivity contribution in [3.8, 4) is 0 Å². The number of amides is 2. The number of nitrogens with one attached hydrogen (secondary N) is 3. The van der Waals surface area contributed by atoms with Crippen LogP contribution in [0.15, 0.2) is 4.99 Å². The quantitative estimate of drug-likeness (QED) is 0.336. The SMILES string of the molecule is CCNC(=NCC(=O)N1CCCC1C(=O)NC)NCC.I. The first-order valence-electron chi connectivity index (χ1n) is 7.17. The minimum Gasteiger partial charge on any atom is -0.357 e. The van der Waals surface area contributed by atoms with Crippen molar-refractivity contribution in [1.29, 1.82) is 0 Å². The number of halogens is 1. The molecular formula is C13H26IN5O2. The summed E-state index contributed by atoms with van der Waals surface area (Å²) in [5.41, 5.74) is 0. The maximum absolute atomic E-state index is 12.2. The van der Waals surface area contributed by atoms with Crippen molar-refractivity contribution < 1.29 is 9.59 Å². The van der Waals surface area contributed by atoms with E-state index in [1.165, 1.54) is 0 Å². The van der Waals surface area contributed by atoms with E-state index in [2.05, 4.69) is 20.9 Å². The summed E-state index contributed by atoms with van der Waals surface area (Å²) >= 11 is 0. The van der Waals surface area contributed by atoms with E-state index in [0.29, 0.717) is 12.5 Å². The molecule has 0 aromatic rings. The minimum absolute atomic E-state index is 0. The van der Waals surface area contributed by atoms with Crippen molar-refractivity contribution in [3.63, 3.8) is 0 Å². The first kappa shape index (κ1) is 19.9. The first-order valence-corrected chi connectivity index (χ1v) is 7.17. The maximum atomic E-state index is 12.2. The monoisotopic (exact) mass is 411 g/mol. The van der Waals surface area contributed by atoms with Gasteiger partial charge in [0.05, 0.1) is 0 Å². The lowest BCUT2D eigenvalue weighted by Gasteiger charge is -2.22. The summed E-state index contributed by atoms with van der Waals surface area (Å²) in [6.45, 7) is 6.11. The number of nitrogens with zero attached hydrogens (tertiary/aromatic N) is 2. The Hall–Kier alpha value is -1.06. The van der Waals surface area contributed by atoms with Crippen molar-refractivity contribution >= 4 is 41.8 Å². The third kappa shape index (κ3) is 6.06. The van der Waals surface area contributed by atoms with Crippen LogP contribution in [0.3, 0.4) is 0 Å². The molecule has 0 spiro atoms. The number of aliphatic imine (C=N–C) groups is 1. The third-order valence-corrected chi connectivity index (χ3v) is 3.18. The summed E-state index contributed by atoms with van der Waals surface area (Å²) in [6, 6.07) is -0.343. The van der Waals surface area contributed by atoms with Gasteiger partial charge in [0.1, 0.15) is 12.6 Å². The topological polar surface area (TPSA) is 85.8 Å². The fourth-order valence-electron chi connectivity index (χ4n) is 2.25. The molecule has 0 aliphatic carbocycles. The lowest BCUT2D eigenvalue weighted by atomic mass is 10.2. The zero-order valence-electron chi connectivity index (χ0n) is 12.9. The molecule has 1 unspecified atom stereocenters. The summed E-state index contributed by atoms with van der Waals surface area (Å²) in [7, 11) is 1.59. The molecule has 7 nitrogen and oxygen atoms in total. The standard InChI is InChI=1S/C13H25N5O2.HI/c1-4-15-13(16-5-2)17-9-11(19)18-8-6-7-10(18)12(20)14-3;/h10H,4-9H2,1-3H3,(H,14,20)(H2,15,16,17);1H. The van der Waals surface area contributed by atoms with Gasteiger partial charge in [-0.3, -0.25) is 9.59 Å². The van der Waals surface area contributed by atoms with E-state index in [-0.39, 0.29) is 48.4 Å². The summed E-state index contributed by atoms with van der Waals surface area (Å²) in [5, 5.41) is 8.73. The predicted octanol–water partition coefficient (Wildman–Crippen LogP) is -0.0836. The van der Waals surface area contributed by atoms with Crippen LogP contribution in [0.1, 0.15) is 26.7 Å². The molecule has 1 heterocycles. The molecule has 1 aliphatic heterocycles. The summed E-state index contributed by atoms with van der Waals surface area (Å²) in [4.78, 5) is 29.7. The number of carbonyl (C=O) groups excluding carboxylic acids is 2. The Labute approximate surface area is 143 Å². The second-order valence-electron chi connectivity index (χ2n) is 4.58. The highest BCUT2D eigenvalue weighted by Crippen LogP contribution is 2.17. The highest BCUT2D eigenvalue weighted by atomic mass is 127. The Morgan fingerprint density at radius 1 is 1.24 bits per heavy atom. The van der Waals surface area contributed by atoms with E-state index in [1.807, 2.05) is 13.8 Å². The van der Waals surface area contributed by atoms with Crippen molar-refractivity contribution in [1.82, 2.24) is 20.9 Å². The smallest absolute Gasteiger partial charge is 0.245 e. The van der Waals surface area contributed by atoms with Crippen molar-refractivity contribution in [2.45, 2.75) is 32.7 Å². The number of rotatable bonds is 5. The Morgan fingerprint density at radius 3 is 2.38 bits per heavy atom. The molecule has 21 heavy (non-hydrogen) atoms. The number of guanidine groups is 1. The number of carbonyl (C=O) groups is 2. The van der Waals surface area contributed by atoms with Crippen LogP contribution in [0.4, 0.5) is 0 Å². The molecule has 1 aliphatic rings. The van der Waals surface area contributed by atoms with E-state index in [4.69, 9.17) is 0 Å². The number of hydrogen-bond donors (Lipinski definition) is 3. The van der Waals surface area contributed by atoms with Gasteiger partial charge < -0.3 is 20.9 Å². The van der Waals surface area contributed by atoms with E-state index in [1.54, 1.807) is 11.9 Å². The summed E-state index contributed by atoms with van der Waals surface area (Å²) in [5.74, 6) is 0.418. The first-order chi connectivity index (χ1) is 9.63. The minimum atomic E-state index is -0.343. The lowest BCUT2D eigenvalue weighted by Crippen LogP contribution is -2.46. The molecule has 0 aromatic carbocycles. The Balaban J connectivity index is 0.00000400. The molecule has 0 aromatic heterocycles. The molecule has 0 bridgehead atoms. The Kier molecular flexibility index (Phi) is 10.1. The van der Waals surface area contributed by atoms with Gasteiger partial charge in [0, 0.05) is 26.7 Å². The van der Waals surface area contributed by atoms with Crippen molar-refractivity contribution in [3.05, 3.63) is 0 Å². The van der Waals surface area contributed by atoms with Crippen LogP contribution in [0.2, 0.25) is 0 Å². The van der Waals surface area contributed by atoms with E-state index in [9.17, 15) is 9.59 Å². The van der Waals surface area contributed by atoms with E-state index < -0.39 is 0 Å². The predicted molar refractivity (Wildman–Crippen MR) is 93.9 cm³/mol. The summed E-state index contributed by atoms with van der Waals surface area (Å²) in [6.07, 6.45) is 1.59. The number of likely N-dealkylation sites (tertiary alicyclic amines) is 1. The van der Waals surface area contributed by atoms with Gasteiger partial charge in [-0.25, -0.2) is 4.99 Å². The zero-order chi connectivity index (χ0) is 15.0. The largest absolute Gasteiger partial charge is 0.357 e. The second-order valence-corrected chi connectivity index (χ2v) is 4.58. The van der Waals surface area contributed by atoms with Crippen LogP contribution in [-0.4, -0.2) is 61.9 Å². The molecule has 2 amide bonds. The van der Waals surface area contributed by atoms with Crippen LogP contribution in [0.5, 0.6) is 0 Å². The van der Waals surface area contributed by atoms with Gasteiger partial charge in [0.15, 0.2) is 5.96 Å². The molecule has 3 N–H and O–H groups in total. The van der Waals surface area contributed by atoms with Crippen LogP contribution < -0.4 is 16.0 Å². The average molecular weight is 411 g/mol. The third-order valence-electron chi connectivity index (χ3n) is 3.18. The zero-order valence-corrected chi connectivity index (χ0v) is 15.3. The summed E-state index contributed by atoms with van der Waals surface area (Å²) < 4.78 is 0. The molecule has 122 valence electrons. The molecule has 1 atom stereocenters. The Bertz CT molecular complexity index is 368. The van der Waals surface area contributed by atoms with E-state index >= 15 is 0 Å². The molecular weight excluding hydrogens is 385 g/mol. The lowest BCUT2D eigenvalue weighted by molar-refractivity contribution is -0.137. The van der Waals surface area contributed by atoms with Crippen LogP contribution in [0.25, 0.3) is 0 Å². The van der Waals surface area contributed by atoms with Gasteiger partial charge in [-0.05, 0) is 26.7 Å². The fourth-order valence-corrected chi connectivity index (χ4v) is 2.25. The van der Waals surface area contributed by atoms with Gasteiger partial charge in [-0.1, -0.05) is 0 Å². The van der Waals surface area contributed by atoms with Crippen molar-refractivity contribution in [2.24, 2.45) is 4.99 Å². The normalized spacial score (nSPS) is 16.7. The van der Waals surface area contributed by atoms with Gasteiger partial charge in [-0.2, -0.15) is 0 Å². The highest BCUT2D eigenvalue weighted by molar-refractivity contribution is 14.0. The molecule has 1 saturated heterocycles. The number of likely N-dealkylation sites (N-methyl/N-ethyl adjacent to an activating group) is 1. The van der Waals surface area contributed by atoms with Crippen molar-refractivity contribution in [2.75, 3.05) is 33.2 Å². The van der Waals surface area contributed by atoms with Gasteiger partial charge in [0.25, 0.3) is 0 Å². The van der Waals surface area contributed by atoms with Crippen LogP contribution in [-0.2, 0) is 9.59 Å². The average Bonchev–Trinajstić information content (AvgIpc) is 2.93. The van der Waals surface area contributed by atoms with Crippen LogP contribution in [0, 0.1) is 0 Å².